The number of thioether (sulfide) groups is 1. The Kier molecular flexibility index (Phi) is 5.93. The van der Waals surface area contributed by atoms with Gasteiger partial charge in [-0.2, -0.15) is 0 Å². The van der Waals surface area contributed by atoms with Gasteiger partial charge in [0.15, 0.2) is 4.32 Å². The zero-order chi connectivity index (χ0) is 21.4. The van der Waals surface area contributed by atoms with Gasteiger partial charge >= 0.3 is 0 Å². The summed E-state index contributed by atoms with van der Waals surface area (Å²) >= 11 is 19.0. The highest BCUT2D eigenvalue weighted by atomic mass is 35.5. The molecule has 1 saturated heterocycles. The number of furan rings is 1. The molecule has 2 aromatic carbocycles. The molecule has 1 aliphatic heterocycles. The van der Waals surface area contributed by atoms with Crippen molar-refractivity contribution in [1.82, 2.24) is 0 Å². The first kappa shape index (κ1) is 21.0. The maximum atomic E-state index is 13.0. The van der Waals surface area contributed by atoms with E-state index in [1.54, 1.807) is 36.4 Å². The SMILES string of the molecule is CN(C)c1ccc(N2C(=O)/C(=C\c3ccc(-c4cc(Cl)ccc4Cl)o3)SC2=S)cc1. The number of hydrogen-bond acceptors (Lipinski definition) is 5. The largest absolute Gasteiger partial charge is 0.457 e. The number of nitrogens with zero attached hydrogens (tertiary/aromatic N) is 2. The molecule has 152 valence electrons. The standard InChI is InChI=1S/C22H16Cl2N2O2S2/c1-25(2)14-4-6-15(7-5-14)26-21(27)20(30-22(26)29)12-16-8-10-19(28-16)17-11-13(23)3-9-18(17)24/h3-12H,1-2H3/b20-12+. The lowest BCUT2D eigenvalue weighted by Crippen LogP contribution is -2.27. The minimum atomic E-state index is -0.179. The number of halogens is 2. The Balaban J connectivity index is 1.60. The predicted octanol–water partition coefficient (Wildman–Crippen LogP) is 6.73. The number of carbonyl (C=O) groups is 1. The predicted molar refractivity (Wildman–Crippen MR) is 131 cm³/mol. The van der Waals surface area contributed by atoms with E-state index in [9.17, 15) is 4.79 Å². The van der Waals surface area contributed by atoms with Crippen LogP contribution in [0.3, 0.4) is 0 Å². The van der Waals surface area contributed by atoms with Crippen LogP contribution in [0.15, 0.2) is 63.9 Å². The molecular weight excluding hydrogens is 459 g/mol. The van der Waals surface area contributed by atoms with Gasteiger partial charge in [0, 0.05) is 36.4 Å². The van der Waals surface area contributed by atoms with Crippen LogP contribution in [0.4, 0.5) is 11.4 Å². The lowest BCUT2D eigenvalue weighted by Gasteiger charge is -2.17. The van der Waals surface area contributed by atoms with Crippen molar-refractivity contribution in [1.29, 1.82) is 0 Å². The van der Waals surface area contributed by atoms with Crippen LogP contribution < -0.4 is 9.80 Å². The lowest BCUT2D eigenvalue weighted by atomic mass is 10.2. The van der Waals surface area contributed by atoms with Gasteiger partial charge in [0.25, 0.3) is 5.91 Å². The summed E-state index contributed by atoms with van der Waals surface area (Å²) in [5.74, 6) is 0.925. The molecule has 0 radical (unpaired) electrons. The Hall–Kier alpha value is -2.25. The molecule has 0 atom stereocenters. The summed E-state index contributed by atoms with van der Waals surface area (Å²) in [6.45, 7) is 0. The van der Waals surface area contributed by atoms with E-state index in [4.69, 9.17) is 39.8 Å². The summed E-state index contributed by atoms with van der Waals surface area (Å²) in [5.41, 5.74) is 2.47. The van der Waals surface area contributed by atoms with E-state index in [2.05, 4.69) is 0 Å². The molecule has 0 bridgehead atoms. The van der Waals surface area contributed by atoms with Gasteiger partial charge in [-0.1, -0.05) is 47.2 Å². The van der Waals surface area contributed by atoms with E-state index < -0.39 is 0 Å². The Labute approximate surface area is 194 Å². The summed E-state index contributed by atoms with van der Waals surface area (Å²) < 4.78 is 6.36. The molecule has 1 fully saturated rings. The number of anilines is 2. The summed E-state index contributed by atoms with van der Waals surface area (Å²) in [4.78, 5) is 17.0. The Morgan fingerprint density at radius 3 is 2.50 bits per heavy atom. The maximum Gasteiger partial charge on any atom is 0.270 e. The molecule has 4 rings (SSSR count). The first-order chi connectivity index (χ1) is 14.3. The van der Waals surface area contributed by atoms with E-state index in [-0.39, 0.29) is 5.91 Å². The monoisotopic (exact) mass is 474 g/mol. The molecule has 1 aliphatic rings. The van der Waals surface area contributed by atoms with Crippen molar-refractivity contribution < 1.29 is 9.21 Å². The third-order valence-corrected chi connectivity index (χ3v) is 6.38. The van der Waals surface area contributed by atoms with Crippen LogP contribution in [0.1, 0.15) is 5.76 Å². The molecule has 30 heavy (non-hydrogen) atoms. The highest BCUT2D eigenvalue weighted by Crippen LogP contribution is 2.38. The van der Waals surface area contributed by atoms with Crippen molar-refractivity contribution in [3.05, 3.63) is 75.3 Å². The Morgan fingerprint density at radius 2 is 1.80 bits per heavy atom. The van der Waals surface area contributed by atoms with Gasteiger partial charge in [0.1, 0.15) is 11.5 Å². The minimum absolute atomic E-state index is 0.179. The molecule has 0 unspecified atom stereocenters. The zero-order valence-corrected chi connectivity index (χ0v) is 19.2. The minimum Gasteiger partial charge on any atom is -0.457 e. The molecule has 0 saturated carbocycles. The molecule has 0 N–H and O–H groups in total. The fourth-order valence-electron chi connectivity index (χ4n) is 2.98. The average Bonchev–Trinajstić information content (AvgIpc) is 3.28. The number of thiocarbonyl (C=S) groups is 1. The fourth-order valence-corrected chi connectivity index (χ4v) is 4.64. The van der Waals surface area contributed by atoms with Crippen LogP contribution in [0.5, 0.6) is 0 Å². The maximum absolute atomic E-state index is 13.0. The number of benzene rings is 2. The lowest BCUT2D eigenvalue weighted by molar-refractivity contribution is -0.113. The summed E-state index contributed by atoms with van der Waals surface area (Å²) in [7, 11) is 3.93. The third-order valence-electron chi connectivity index (χ3n) is 4.51. The molecule has 4 nitrogen and oxygen atoms in total. The van der Waals surface area contributed by atoms with Crippen LogP contribution in [-0.2, 0) is 4.79 Å². The van der Waals surface area contributed by atoms with Crippen molar-refractivity contribution in [3.8, 4) is 11.3 Å². The molecule has 0 aliphatic carbocycles. The van der Waals surface area contributed by atoms with Crippen molar-refractivity contribution in [2.24, 2.45) is 0 Å². The van der Waals surface area contributed by atoms with Crippen molar-refractivity contribution in [2.45, 2.75) is 0 Å². The van der Waals surface area contributed by atoms with Gasteiger partial charge in [-0.05, 0) is 54.6 Å². The number of rotatable bonds is 4. The first-order valence-electron chi connectivity index (χ1n) is 8.94. The highest BCUT2D eigenvalue weighted by molar-refractivity contribution is 8.27. The molecule has 0 spiro atoms. The molecule has 3 aromatic rings. The van der Waals surface area contributed by atoms with Crippen LogP contribution in [-0.4, -0.2) is 24.3 Å². The Bertz CT molecular complexity index is 1170. The fraction of sp³-hybridized carbons (Fsp3) is 0.0909. The van der Waals surface area contributed by atoms with Gasteiger partial charge in [-0.3, -0.25) is 9.69 Å². The van der Waals surface area contributed by atoms with Gasteiger partial charge in [0.05, 0.1) is 15.6 Å². The third kappa shape index (κ3) is 4.14. The average molecular weight is 475 g/mol. The van der Waals surface area contributed by atoms with Crippen LogP contribution in [0, 0.1) is 0 Å². The van der Waals surface area contributed by atoms with Crippen LogP contribution >= 0.6 is 47.2 Å². The first-order valence-corrected chi connectivity index (χ1v) is 10.9. The number of amides is 1. The zero-order valence-electron chi connectivity index (χ0n) is 16.1. The van der Waals surface area contributed by atoms with E-state index in [0.29, 0.717) is 36.4 Å². The van der Waals surface area contributed by atoms with Crippen molar-refractivity contribution in [2.75, 3.05) is 23.9 Å². The smallest absolute Gasteiger partial charge is 0.270 e. The van der Waals surface area contributed by atoms with E-state index in [1.165, 1.54) is 16.7 Å². The van der Waals surface area contributed by atoms with Gasteiger partial charge in [0.2, 0.25) is 0 Å². The van der Waals surface area contributed by atoms with Crippen LogP contribution in [0.25, 0.3) is 17.4 Å². The van der Waals surface area contributed by atoms with Gasteiger partial charge < -0.3 is 9.32 Å². The van der Waals surface area contributed by atoms with Crippen molar-refractivity contribution in [3.63, 3.8) is 0 Å². The van der Waals surface area contributed by atoms with Crippen molar-refractivity contribution >= 4 is 74.9 Å². The molecular formula is C22H16Cl2N2O2S2. The molecule has 1 aromatic heterocycles. The second-order valence-corrected chi connectivity index (χ2v) is 9.27. The Morgan fingerprint density at radius 1 is 1.07 bits per heavy atom. The van der Waals surface area contributed by atoms with Gasteiger partial charge in [-0.25, -0.2) is 0 Å². The molecule has 2 heterocycles. The highest BCUT2D eigenvalue weighted by Gasteiger charge is 2.33. The van der Waals surface area contributed by atoms with E-state index in [1.807, 2.05) is 43.3 Å². The number of carbonyl (C=O) groups excluding carboxylic acids is 1. The van der Waals surface area contributed by atoms with Crippen LogP contribution in [0.2, 0.25) is 10.0 Å². The second kappa shape index (κ2) is 8.47. The summed E-state index contributed by atoms with van der Waals surface area (Å²) in [6, 6.07) is 16.4. The topological polar surface area (TPSA) is 36.7 Å². The van der Waals surface area contributed by atoms with E-state index >= 15 is 0 Å². The normalized spacial score (nSPS) is 15.3. The second-order valence-electron chi connectivity index (χ2n) is 6.75. The summed E-state index contributed by atoms with van der Waals surface area (Å²) in [5, 5.41) is 1.10. The quantitative estimate of drug-likeness (QED) is 0.309. The summed E-state index contributed by atoms with van der Waals surface area (Å²) in [6.07, 6.45) is 1.69. The van der Waals surface area contributed by atoms with E-state index in [0.717, 1.165) is 11.4 Å². The molecule has 8 heteroatoms. The molecule has 1 amide bonds. The number of hydrogen-bond donors (Lipinski definition) is 0. The van der Waals surface area contributed by atoms with Gasteiger partial charge in [-0.15, -0.1) is 0 Å².